The molecule has 2 aromatic carbocycles. The molecule has 154 valence electrons. The van der Waals surface area contributed by atoms with Crippen LogP contribution < -0.4 is 4.90 Å². The molecule has 5 nitrogen and oxygen atoms in total. The van der Waals surface area contributed by atoms with Gasteiger partial charge in [-0.2, -0.15) is 0 Å². The van der Waals surface area contributed by atoms with E-state index in [9.17, 15) is 4.79 Å². The van der Waals surface area contributed by atoms with Gasteiger partial charge in [-0.1, -0.05) is 36.0 Å². The third kappa shape index (κ3) is 3.84. The van der Waals surface area contributed by atoms with Crippen molar-refractivity contribution in [2.75, 3.05) is 24.5 Å². The molecule has 3 heterocycles. The molecule has 30 heavy (non-hydrogen) atoms. The van der Waals surface area contributed by atoms with Gasteiger partial charge in [-0.3, -0.25) is 4.79 Å². The van der Waals surface area contributed by atoms with Crippen LogP contribution in [-0.2, 0) is 4.79 Å². The molecular weight excluding hydrogens is 392 g/mol. The number of rotatable bonds is 5. The highest BCUT2D eigenvalue weighted by molar-refractivity contribution is 7.99. The lowest BCUT2D eigenvalue weighted by molar-refractivity contribution is -0.132. The summed E-state index contributed by atoms with van der Waals surface area (Å²) in [5, 5.41) is 0. The minimum atomic E-state index is 0.283. The zero-order chi connectivity index (χ0) is 20.3. The second kappa shape index (κ2) is 8.56. The van der Waals surface area contributed by atoms with Gasteiger partial charge in [0.05, 0.1) is 17.7 Å². The molecule has 2 aliphatic rings. The Morgan fingerprint density at radius 2 is 1.70 bits per heavy atom. The first-order valence-corrected chi connectivity index (χ1v) is 11.5. The number of carbonyl (C=O) groups excluding carboxylic acids is 1. The van der Waals surface area contributed by atoms with Crippen LogP contribution in [0, 0.1) is 0 Å². The maximum absolute atomic E-state index is 12.8. The Labute approximate surface area is 181 Å². The van der Waals surface area contributed by atoms with Crippen molar-refractivity contribution in [3.63, 3.8) is 0 Å². The van der Waals surface area contributed by atoms with E-state index in [1.54, 1.807) is 6.33 Å². The molecule has 1 fully saturated rings. The average Bonchev–Trinajstić information content (AvgIpc) is 3.33. The number of anilines is 2. The molecule has 3 aromatic rings. The van der Waals surface area contributed by atoms with Crippen LogP contribution in [0.5, 0.6) is 0 Å². The molecule has 1 amide bonds. The number of aromatic amines is 1. The number of hydrogen-bond donors (Lipinski definition) is 1. The van der Waals surface area contributed by atoms with Crippen molar-refractivity contribution in [1.29, 1.82) is 0 Å². The van der Waals surface area contributed by atoms with Crippen LogP contribution in [0.3, 0.4) is 0 Å². The summed E-state index contributed by atoms with van der Waals surface area (Å²) in [5.41, 5.74) is 3.69. The monoisotopic (exact) mass is 418 g/mol. The van der Waals surface area contributed by atoms with Crippen molar-refractivity contribution in [2.24, 2.45) is 0 Å². The van der Waals surface area contributed by atoms with Crippen LogP contribution in [0.2, 0.25) is 0 Å². The predicted octanol–water partition coefficient (Wildman–Crippen LogP) is 5.20. The quantitative estimate of drug-likeness (QED) is 0.619. The molecule has 6 heteroatoms. The highest BCUT2D eigenvalue weighted by Gasteiger charge is 2.26. The Hall–Kier alpha value is -2.73. The Bertz CT molecular complexity index is 966. The fourth-order valence-corrected chi connectivity index (χ4v) is 5.59. The fraction of sp³-hybridized carbons (Fsp3) is 0.333. The summed E-state index contributed by atoms with van der Waals surface area (Å²) in [5.74, 6) is 0.779. The zero-order valence-corrected chi connectivity index (χ0v) is 17.8. The highest BCUT2D eigenvalue weighted by atomic mass is 32.2. The number of nitrogens with one attached hydrogen (secondary N) is 1. The second-order valence-corrected chi connectivity index (χ2v) is 9.04. The maximum Gasteiger partial charge on any atom is 0.222 e. The number of nitrogens with zero attached hydrogens (tertiary/aromatic N) is 3. The molecule has 0 aliphatic carbocycles. The number of H-pyrrole nitrogens is 1. The standard InChI is InChI=1S/C24H26N4OS/c29-24(27-14-11-18(12-15-27)19-16-25-17-26-19)10-5-13-28-20-6-1-3-8-22(20)30-23-9-4-2-7-21(23)28/h1-4,6-9,16-18H,5,10-15H2,(H,25,26). The van der Waals surface area contributed by atoms with Crippen LogP contribution >= 0.6 is 11.8 Å². The van der Waals surface area contributed by atoms with E-state index < -0.39 is 0 Å². The molecule has 1 aromatic heterocycles. The molecule has 0 atom stereocenters. The van der Waals surface area contributed by atoms with Crippen molar-refractivity contribution < 1.29 is 4.79 Å². The summed E-state index contributed by atoms with van der Waals surface area (Å²) >= 11 is 1.82. The van der Waals surface area contributed by atoms with Crippen molar-refractivity contribution in [1.82, 2.24) is 14.9 Å². The van der Waals surface area contributed by atoms with Crippen molar-refractivity contribution in [3.8, 4) is 0 Å². The SMILES string of the molecule is O=C(CCCN1c2ccccc2Sc2ccccc21)N1CCC(c2cnc[nH]2)CC1. The minimum absolute atomic E-state index is 0.283. The number of piperidine rings is 1. The Morgan fingerprint density at radius 3 is 2.33 bits per heavy atom. The molecule has 2 aliphatic heterocycles. The lowest BCUT2D eigenvalue weighted by atomic mass is 9.94. The number of carbonyl (C=O) groups is 1. The number of likely N-dealkylation sites (tertiary alicyclic amines) is 1. The summed E-state index contributed by atoms with van der Waals surface area (Å²) in [6.45, 7) is 2.54. The third-order valence-electron chi connectivity index (χ3n) is 6.11. The lowest BCUT2D eigenvalue weighted by Gasteiger charge is -2.34. The third-order valence-corrected chi connectivity index (χ3v) is 7.24. The first-order chi connectivity index (χ1) is 14.8. The predicted molar refractivity (Wildman–Crippen MR) is 120 cm³/mol. The normalized spacial score (nSPS) is 16.3. The minimum Gasteiger partial charge on any atom is -0.348 e. The van der Waals surface area contributed by atoms with Gasteiger partial charge in [-0.05, 0) is 43.5 Å². The van der Waals surface area contributed by atoms with E-state index >= 15 is 0 Å². The average molecular weight is 419 g/mol. The highest BCUT2D eigenvalue weighted by Crippen LogP contribution is 2.47. The number of aromatic nitrogens is 2. The van der Waals surface area contributed by atoms with E-state index in [4.69, 9.17) is 0 Å². The molecular formula is C24H26N4OS. The molecule has 0 unspecified atom stereocenters. The topological polar surface area (TPSA) is 52.2 Å². The zero-order valence-electron chi connectivity index (χ0n) is 17.0. The summed E-state index contributed by atoms with van der Waals surface area (Å²) in [6.07, 6.45) is 7.13. The molecule has 0 saturated carbocycles. The van der Waals surface area contributed by atoms with E-state index in [0.717, 1.165) is 38.9 Å². The summed E-state index contributed by atoms with van der Waals surface area (Å²) < 4.78 is 0. The summed E-state index contributed by atoms with van der Waals surface area (Å²) in [7, 11) is 0. The van der Waals surface area contributed by atoms with Crippen molar-refractivity contribution in [2.45, 2.75) is 41.4 Å². The van der Waals surface area contributed by atoms with Crippen LogP contribution in [0.4, 0.5) is 11.4 Å². The van der Waals surface area contributed by atoms with Gasteiger partial charge in [0.2, 0.25) is 5.91 Å². The van der Waals surface area contributed by atoms with Gasteiger partial charge in [0.25, 0.3) is 0 Å². The van der Waals surface area contributed by atoms with Gasteiger partial charge < -0.3 is 14.8 Å². The number of para-hydroxylation sites is 2. The number of fused-ring (bicyclic) bond motifs is 2. The first kappa shape index (κ1) is 19.2. The summed E-state index contributed by atoms with van der Waals surface area (Å²) in [4.78, 5) is 27.1. The number of hydrogen-bond acceptors (Lipinski definition) is 4. The van der Waals surface area contributed by atoms with Gasteiger partial charge >= 0.3 is 0 Å². The molecule has 0 spiro atoms. The van der Waals surface area contributed by atoms with Crippen LogP contribution in [0.15, 0.2) is 70.8 Å². The van der Waals surface area contributed by atoms with Gasteiger partial charge in [-0.25, -0.2) is 4.98 Å². The van der Waals surface area contributed by atoms with Gasteiger partial charge in [0.1, 0.15) is 0 Å². The summed E-state index contributed by atoms with van der Waals surface area (Å²) in [6, 6.07) is 17.1. The fourth-order valence-electron chi connectivity index (χ4n) is 4.50. The second-order valence-electron chi connectivity index (χ2n) is 7.95. The van der Waals surface area contributed by atoms with E-state index in [-0.39, 0.29) is 5.91 Å². The molecule has 1 saturated heterocycles. The van der Waals surface area contributed by atoms with Crippen LogP contribution in [0.1, 0.15) is 37.3 Å². The molecule has 0 bridgehead atoms. The largest absolute Gasteiger partial charge is 0.348 e. The van der Waals surface area contributed by atoms with E-state index in [1.165, 1.54) is 26.9 Å². The molecule has 5 rings (SSSR count). The van der Waals surface area contributed by atoms with Crippen molar-refractivity contribution >= 4 is 29.0 Å². The molecule has 1 N–H and O–H groups in total. The number of amides is 1. The number of benzene rings is 2. The van der Waals surface area contributed by atoms with E-state index in [0.29, 0.717) is 12.3 Å². The van der Waals surface area contributed by atoms with Gasteiger partial charge in [0, 0.05) is 53.7 Å². The van der Waals surface area contributed by atoms with Crippen LogP contribution in [0.25, 0.3) is 0 Å². The molecule has 0 radical (unpaired) electrons. The Balaban J connectivity index is 1.19. The van der Waals surface area contributed by atoms with Gasteiger partial charge in [-0.15, -0.1) is 0 Å². The number of imidazole rings is 1. The smallest absolute Gasteiger partial charge is 0.222 e. The lowest BCUT2D eigenvalue weighted by Crippen LogP contribution is -2.38. The van der Waals surface area contributed by atoms with E-state index in [1.807, 2.05) is 22.9 Å². The first-order valence-electron chi connectivity index (χ1n) is 10.7. The Kier molecular flexibility index (Phi) is 5.49. The van der Waals surface area contributed by atoms with Gasteiger partial charge in [0.15, 0.2) is 0 Å². The van der Waals surface area contributed by atoms with Crippen molar-refractivity contribution in [3.05, 3.63) is 66.7 Å². The van der Waals surface area contributed by atoms with Crippen LogP contribution in [-0.4, -0.2) is 40.4 Å². The maximum atomic E-state index is 12.8. The van der Waals surface area contributed by atoms with E-state index in [2.05, 4.69) is 63.4 Å². The Morgan fingerprint density at radius 1 is 1.03 bits per heavy atom.